The summed E-state index contributed by atoms with van der Waals surface area (Å²) in [6.45, 7) is 7.24. The van der Waals surface area contributed by atoms with Crippen LogP contribution in [0.4, 0.5) is 0 Å². The first-order chi connectivity index (χ1) is 6.54. The van der Waals surface area contributed by atoms with Gasteiger partial charge in [-0.25, -0.2) is 0 Å². The fraction of sp³-hybridized carbons (Fsp3) is 0.786. The molecular weight excluding hydrogens is 168 g/mol. The second-order valence-corrected chi connectivity index (χ2v) is 6.03. The Labute approximate surface area is 88.8 Å². The van der Waals surface area contributed by atoms with E-state index < -0.39 is 0 Å². The van der Waals surface area contributed by atoms with Crippen LogP contribution in [0.15, 0.2) is 12.2 Å². The Kier molecular flexibility index (Phi) is 2.49. The van der Waals surface area contributed by atoms with Crippen molar-refractivity contribution in [2.75, 3.05) is 0 Å². The molecule has 0 heterocycles. The normalized spacial score (nSPS) is 41.5. The van der Waals surface area contributed by atoms with Crippen LogP contribution in [0.3, 0.4) is 0 Å². The molecule has 0 N–H and O–H groups in total. The van der Waals surface area contributed by atoms with E-state index in [0.29, 0.717) is 10.8 Å². The monoisotopic (exact) mass is 191 g/mol. The lowest BCUT2D eigenvalue weighted by molar-refractivity contribution is 0.106. The zero-order valence-corrected chi connectivity index (χ0v) is 9.84. The molecule has 0 saturated heterocycles. The van der Waals surface area contributed by atoms with Gasteiger partial charge in [0.15, 0.2) is 0 Å². The largest absolute Gasteiger partial charge is 0.0882 e. The standard InChI is InChI=1S/C14H23/c1-12-7-4-5-9-14(12)10-6-8-13(2,3)11-14/h4-5,11-12H,6-10H2,1-3H3. The topological polar surface area (TPSA) is 0 Å². The van der Waals surface area contributed by atoms with Gasteiger partial charge in [-0.3, -0.25) is 0 Å². The Morgan fingerprint density at radius 2 is 1.93 bits per heavy atom. The Bertz CT molecular complexity index is 236. The van der Waals surface area contributed by atoms with E-state index in [2.05, 4.69) is 39.3 Å². The van der Waals surface area contributed by atoms with Crippen molar-refractivity contribution in [2.45, 2.75) is 52.9 Å². The van der Waals surface area contributed by atoms with Gasteiger partial charge in [-0.15, -0.1) is 0 Å². The Morgan fingerprint density at radius 1 is 1.14 bits per heavy atom. The van der Waals surface area contributed by atoms with Gasteiger partial charge in [-0.2, -0.15) is 0 Å². The van der Waals surface area contributed by atoms with E-state index in [1.54, 1.807) is 0 Å². The summed E-state index contributed by atoms with van der Waals surface area (Å²) in [6, 6.07) is 0. The van der Waals surface area contributed by atoms with Crippen LogP contribution in [0.25, 0.3) is 0 Å². The van der Waals surface area contributed by atoms with Gasteiger partial charge in [0.25, 0.3) is 0 Å². The Morgan fingerprint density at radius 3 is 2.57 bits per heavy atom. The highest BCUT2D eigenvalue weighted by molar-refractivity contribution is 5.12. The molecule has 0 heteroatoms. The van der Waals surface area contributed by atoms with Crippen molar-refractivity contribution in [2.24, 2.45) is 16.7 Å². The summed E-state index contributed by atoms with van der Waals surface area (Å²) >= 11 is 0. The molecule has 2 aliphatic carbocycles. The molecule has 0 bridgehead atoms. The minimum Gasteiger partial charge on any atom is -0.0882 e. The predicted molar refractivity (Wildman–Crippen MR) is 61.9 cm³/mol. The first-order valence-electron chi connectivity index (χ1n) is 6.06. The van der Waals surface area contributed by atoms with Crippen molar-refractivity contribution < 1.29 is 0 Å². The number of allylic oxidation sites excluding steroid dienone is 2. The molecule has 0 aromatic rings. The third-order valence-electron chi connectivity index (χ3n) is 4.28. The lowest BCUT2D eigenvalue weighted by Gasteiger charge is -2.49. The van der Waals surface area contributed by atoms with E-state index in [9.17, 15) is 0 Å². The van der Waals surface area contributed by atoms with Crippen LogP contribution in [-0.2, 0) is 0 Å². The maximum absolute atomic E-state index is 2.68. The van der Waals surface area contributed by atoms with E-state index in [-0.39, 0.29) is 0 Å². The molecule has 2 rings (SSSR count). The molecule has 1 saturated carbocycles. The van der Waals surface area contributed by atoms with Crippen molar-refractivity contribution in [1.29, 1.82) is 0 Å². The number of hydrogen-bond donors (Lipinski definition) is 0. The molecule has 2 atom stereocenters. The Balaban J connectivity index is 2.18. The molecule has 1 radical (unpaired) electrons. The number of rotatable bonds is 0. The van der Waals surface area contributed by atoms with Gasteiger partial charge in [-0.1, -0.05) is 39.3 Å². The van der Waals surface area contributed by atoms with Gasteiger partial charge < -0.3 is 0 Å². The highest BCUT2D eigenvalue weighted by Gasteiger charge is 2.43. The smallest absolute Gasteiger partial charge is 0.0198 e. The van der Waals surface area contributed by atoms with Crippen molar-refractivity contribution in [3.8, 4) is 0 Å². The van der Waals surface area contributed by atoms with Gasteiger partial charge in [0.05, 0.1) is 0 Å². The van der Waals surface area contributed by atoms with Crippen LogP contribution in [0.5, 0.6) is 0 Å². The Hall–Kier alpha value is -0.260. The molecule has 0 nitrogen and oxygen atoms in total. The van der Waals surface area contributed by atoms with Crippen LogP contribution in [0, 0.1) is 23.2 Å². The molecule has 0 aromatic carbocycles. The molecule has 2 unspecified atom stereocenters. The fourth-order valence-corrected chi connectivity index (χ4v) is 3.38. The highest BCUT2D eigenvalue weighted by atomic mass is 14.5. The second kappa shape index (κ2) is 3.40. The van der Waals surface area contributed by atoms with Gasteiger partial charge in [0.1, 0.15) is 0 Å². The predicted octanol–water partition coefficient (Wildman–Crippen LogP) is 4.37. The quantitative estimate of drug-likeness (QED) is 0.499. The summed E-state index contributed by atoms with van der Waals surface area (Å²) in [5.41, 5.74) is 1.01. The molecule has 0 aliphatic heterocycles. The molecule has 14 heavy (non-hydrogen) atoms. The van der Waals surface area contributed by atoms with Crippen molar-refractivity contribution in [3.05, 3.63) is 18.6 Å². The zero-order valence-electron chi connectivity index (χ0n) is 9.84. The summed E-state index contributed by atoms with van der Waals surface area (Å²) in [6.07, 6.45) is 14.2. The van der Waals surface area contributed by atoms with E-state index in [4.69, 9.17) is 0 Å². The van der Waals surface area contributed by atoms with Crippen LogP contribution in [-0.4, -0.2) is 0 Å². The highest BCUT2D eigenvalue weighted by Crippen LogP contribution is 2.53. The fourth-order valence-electron chi connectivity index (χ4n) is 3.38. The lowest BCUT2D eigenvalue weighted by atomic mass is 9.56. The maximum Gasteiger partial charge on any atom is -0.0198 e. The van der Waals surface area contributed by atoms with E-state index in [0.717, 1.165) is 5.92 Å². The first kappa shape index (κ1) is 10.3. The molecule has 0 amide bonds. The average Bonchev–Trinajstić information content (AvgIpc) is 2.09. The average molecular weight is 191 g/mol. The minimum atomic E-state index is 0.470. The number of hydrogen-bond acceptors (Lipinski definition) is 0. The lowest BCUT2D eigenvalue weighted by Crippen LogP contribution is -2.39. The first-order valence-corrected chi connectivity index (χ1v) is 6.06. The molecule has 0 aromatic heterocycles. The molecule has 2 aliphatic rings. The molecule has 1 fully saturated rings. The molecule has 1 spiro atoms. The van der Waals surface area contributed by atoms with Crippen molar-refractivity contribution in [3.63, 3.8) is 0 Å². The summed E-state index contributed by atoms with van der Waals surface area (Å²) in [7, 11) is 0. The summed E-state index contributed by atoms with van der Waals surface area (Å²) in [5.74, 6) is 0.854. The SMILES string of the molecule is CC1CC=CCC12[CH]C(C)(C)CCC2. The zero-order chi connectivity index (χ0) is 10.2. The van der Waals surface area contributed by atoms with Gasteiger partial charge >= 0.3 is 0 Å². The van der Waals surface area contributed by atoms with E-state index in [1.807, 2.05) is 0 Å². The van der Waals surface area contributed by atoms with Crippen LogP contribution < -0.4 is 0 Å². The van der Waals surface area contributed by atoms with Crippen molar-refractivity contribution in [1.82, 2.24) is 0 Å². The van der Waals surface area contributed by atoms with Crippen LogP contribution >= 0.6 is 0 Å². The van der Waals surface area contributed by atoms with Gasteiger partial charge in [0, 0.05) is 0 Å². The van der Waals surface area contributed by atoms with Crippen molar-refractivity contribution >= 4 is 0 Å². The summed E-state index contributed by atoms with van der Waals surface area (Å²) in [5, 5.41) is 0. The van der Waals surface area contributed by atoms with Crippen LogP contribution in [0.1, 0.15) is 52.9 Å². The molecule has 79 valence electrons. The summed E-state index contributed by atoms with van der Waals surface area (Å²) in [4.78, 5) is 0. The third kappa shape index (κ3) is 1.76. The summed E-state index contributed by atoms with van der Waals surface area (Å²) < 4.78 is 0. The second-order valence-electron chi connectivity index (χ2n) is 6.03. The van der Waals surface area contributed by atoms with Gasteiger partial charge in [0.2, 0.25) is 0 Å². The van der Waals surface area contributed by atoms with Crippen LogP contribution in [0.2, 0.25) is 0 Å². The van der Waals surface area contributed by atoms with Gasteiger partial charge in [-0.05, 0) is 48.9 Å². The third-order valence-corrected chi connectivity index (χ3v) is 4.28. The minimum absolute atomic E-state index is 0.470. The van der Waals surface area contributed by atoms with E-state index in [1.165, 1.54) is 32.1 Å². The maximum atomic E-state index is 2.68. The van der Waals surface area contributed by atoms with E-state index >= 15 is 0 Å². The molecular formula is C14H23.